The lowest BCUT2D eigenvalue weighted by Gasteiger charge is -2.13. The summed E-state index contributed by atoms with van der Waals surface area (Å²) in [5.41, 5.74) is -2.60. The number of carbonyl (C=O) groups is 1. The first-order valence-corrected chi connectivity index (χ1v) is 5.17. The molecule has 0 heterocycles. The van der Waals surface area contributed by atoms with E-state index >= 15 is 0 Å². The van der Waals surface area contributed by atoms with Gasteiger partial charge in [0.05, 0.1) is 28.3 Å². The molecule has 0 bridgehead atoms. The molecule has 7 heteroatoms. The van der Waals surface area contributed by atoms with Crippen LogP contribution in [-0.2, 0) is 10.9 Å². The molecular formula is C11H7ClF3NO2. The van der Waals surface area contributed by atoms with E-state index in [0.717, 1.165) is 12.1 Å². The summed E-state index contributed by atoms with van der Waals surface area (Å²) in [5.74, 6) is -0.990. The SMILES string of the molecule is CCOC(=O)c1ccc(Cl)c(C(F)(F)F)c1C#N. The number of benzene rings is 1. The molecule has 0 saturated heterocycles. The topological polar surface area (TPSA) is 50.1 Å². The van der Waals surface area contributed by atoms with Crippen molar-refractivity contribution in [2.24, 2.45) is 0 Å². The molecule has 0 atom stereocenters. The molecule has 18 heavy (non-hydrogen) atoms. The van der Waals surface area contributed by atoms with Crippen molar-refractivity contribution < 1.29 is 22.7 Å². The Morgan fingerprint density at radius 3 is 2.56 bits per heavy atom. The minimum Gasteiger partial charge on any atom is -0.462 e. The maximum Gasteiger partial charge on any atom is 0.419 e. The Labute approximate surface area is 106 Å². The van der Waals surface area contributed by atoms with Gasteiger partial charge in [-0.3, -0.25) is 0 Å². The number of nitrogens with zero attached hydrogens (tertiary/aromatic N) is 1. The molecule has 0 amide bonds. The summed E-state index contributed by atoms with van der Waals surface area (Å²) >= 11 is 5.42. The number of hydrogen-bond acceptors (Lipinski definition) is 3. The van der Waals surface area contributed by atoms with Gasteiger partial charge >= 0.3 is 12.1 Å². The zero-order valence-corrected chi connectivity index (χ0v) is 9.89. The Morgan fingerprint density at radius 1 is 1.50 bits per heavy atom. The maximum atomic E-state index is 12.7. The molecule has 3 nitrogen and oxygen atoms in total. The first-order chi connectivity index (χ1) is 8.32. The summed E-state index contributed by atoms with van der Waals surface area (Å²) in [4.78, 5) is 11.4. The molecule has 0 spiro atoms. The van der Waals surface area contributed by atoms with Gasteiger partial charge in [-0.1, -0.05) is 11.6 Å². The Hall–Kier alpha value is -1.74. The molecule has 0 aliphatic heterocycles. The molecule has 0 N–H and O–H groups in total. The highest BCUT2D eigenvalue weighted by Gasteiger charge is 2.38. The van der Waals surface area contributed by atoms with Gasteiger partial charge in [0, 0.05) is 0 Å². The van der Waals surface area contributed by atoms with Crippen LogP contribution >= 0.6 is 11.6 Å². The first-order valence-electron chi connectivity index (χ1n) is 4.79. The van der Waals surface area contributed by atoms with E-state index < -0.39 is 33.9 Å². The molecule has 96 valence electrons. The van der Waals surface area contributed by atoms with Gasteiger partial charge in [-0.05, 0) is 19.1 Å². The Bertz CT molecular complexity index is 520. The van der Waals surface area contributed by atoms with Crippen molar-refractivity contribution >= 4 is 17.6 Å². The highest BCUT2D eigenvalue weighted by atomic mass is 35.5. The number of carbonyl (C=O) groups excluding carboxylic acids is 1. The summed E-state index contributed by atoms with van der Waals surface area (Å²) in [7, 11) is 0. The van der Waals surface area contributed by atoms with Crippen LogP contribution in [0.5, 0.6) is 0 Å². The highest BCUT2D eigenvalue weighted by molar-refractivity contribution is 6.31. The number of esters is 1. The van der Waals surface area contributed by atoms with Gasteiger partial charge in [-0.25, -0.2) is 4.79 Å². The Balaban J connectivity index is 3.50. The van der Waals surface area contributed by atoms with Gasteiger partial charge < -0.3 is 4.74 Å². The molecule has 0 aliphatic carbocycles. The second-order valence-corrected chi connectivity index (χ2v) is 3.58. The van der Waals surface area contributed by atoms with E-state index in [2.05, 4.69) is 4.74 Å². The molecule has 1 aromatic carbocycles. The van der Waals surface area contributed by atoms with Crippen molar-refractivity contribution in [3.8, 4) is 6.07 Å². The fourth-order valence-corrected chi connectivity index (χ4v) is 1.61. The van der Waals surface area contributed by atoms with Crippen molar-refractivity contribution in [1.82, 2.24) is 0 Å². The van der Waals surface area contributed by atoms with Gasteiger partial charge in [0.1, 0.15) is 6.07 Å². The molecule has 0 fully saturated rings. The van der Waals surface area contributed by atoms with E-state index in [9.17, 15) is 18.0 Å². The smallest absolute Gasteiger partial charge is 0.419 e. The lowest BCUT2D eigenvalue weighted by atomic mass is 10.0. The van der Waals surface area contributed by atoms with Crippen molar-refractivity contribution in [2.75, 3.05) is 6.61 Å². The predicted octanol–water partition coefficient (Wildman–Crippen LogP) is 3.41. The summed E-state index contributed by atoms with van der Waals surface area (Å²) in [6.07, 6.45) is -4.81. The van der Waals surface area contributed by atoms with E-state index in [1.54, 1.807) is 0 Å². The van der Waals surface area contributed by atoms with Crippen LogP contribution in [0.25, 0.3) is 0 Å². The van der Waals surface area contributed by atoms with Crippen LogP contribution in [0.2, 0.25) is 5.02 Å². The highest BCUT2D eigenvalue weighted by Crippen LogP contribution is 2.38. The fraction of sp³-hybridized carbons (Fsp3) is 0.273. The fourth-order valence-electron chi connectivity index (χ4n) is 1.35. The average molecular weight is 278 g/mol. The van der Waals surface area contributed by atoms with Gasteiger partial charge in [0.25, 0.3) is 0 Å². The number of nitriles is 1. The third-order valence-corrected chi connectivity index (χ3v) is 2.36. The van der Waals surface area contributed by atoms with Crippen molar-refractivity contribution in [2.45, 2.75) is 13.1 Å². The standard InChI is InChI=1S/C11H7ClF3NO2/c1-2-18-10(17)6-3-4-8(12)9(7(6)5-16)11(13,14)15/h3-4H,2H2,1H3. The first kappa shape index (κ1) is 14.3. The molecule has 1 aromatic rings. The van der Waals surface area contributed by atoms with Crippen molar-refractivity contribution in [3.63, 3.8) is 0 Å². The van der Waals surface area contributed by atoms with Crippen LogP contribution in [0.1, 0.15) is 28.4 Å². The monoisotopic (exact) mass is 277 g/mol. The predicted molar refractivity (Wildman–Crippen MR) is 57.1 cm³/mol. The van der Waals surface area contributed by atoms with Gasteiger partial charge in [-0.2, -0.15) is 18.4 Å². The summed E-state index contributed by atoms with van der Waals surface area (Å²) in [6.45, 7) is 1.50. The summed E-state index contributed by atoms with van der Waals surface area (Å²) in [6, 6.07) is 3.30. The number of rotatable bonds is 2. The summed E-state index contributed by atoms with van der Waals surface area (Å²) in [5, 5.41) is 8.16. The number of ether oxygens (including phenoxy) is 1. The molecule has 0 saturated carbocycles. The molecule has 1 rings (SSSR count). The third-order valence-electron chi connectivity index (χ3n) is 2.05. The molecule has 0 radical (unpaired) electrons. The second-order valence-electron chi connectivity index (χ2n) is 3.17. The summed E-state index contributed by atoms with van der Waals surface area (Å²) < 4.78 is 42.8. The number of alkyl halides is 3. The van der Waals surface area contributed by atoms with Gasteiger partial charge in [0.15, 0.2) is 0 Å². The lowest BCUT2D eigenvalue weighted by Crippen LogP contribution is -2.14. The molecule has 0 unspecified atom stereocenters. The minimum absolute atomic E-state index is 0.00627. The Kier molecular flexibility index (Phi) is 4.19. The largest absolute Gasteiger partial charge is 0.462 e. The zero-order chi connectivity index (χ0) is 13.9. The normalized spacial score (nSPS) is 10.9. The van der Waals surface area contributed by atoms with Crippen LogP contribution in [0.15, 0.2) is 12.1 Å². The zero-order valence-electron chi connectivity index (χ0n) is 9.14. The van der Waals surface area contributed by atoms with Crippen LogP contribution in [0, 0.1) is 11.3 Å². The maximum absolute atomic E-state index is 12.7. The van der Waals surface area contributed by atoms with Crippen molar-refractivity contribution in [3.05, 3.63) is 33.8 Å². The lowest BCUT2D eigenvalue weighted by molar-refractivity contribution is -0.137. The molecular weight excluding hydrogens is 271 g/mol. The average Bonchev–Trinajstić information content (AvgIpc) is 2.26. The minimum atomic E-state index is -4.81. The molecule has 0 aliphatic rings. The quantitative estimate of drug-likeness (QED) is 0.778. The van der Waals surface area contributed by atoms with E-state index in [1.807, 2.05) is 0 Å². The van der Waals surface area contributed by atoms with Crippen LogP contribution in [-0.4, -0.2) is 12.6 Å². The van der Waals surface area contributed by atoms with E-state index in [0.29, 0.717) is 0 Å². The van der Waals surface area contributed by atoms with Crippen LogP contribution in [0.3, 0.4) is 0 Å². The van der Waals surface area contributed by atoms with E-state index in [-0.39, 0.29) is 6.61 Å². The van der Waals surface area contributed by atoms with E-state index in [4.69, 9.17) is 16.9 Å². The Morgan fingerprint density at radius 2 is 2.11 bits per heavy atom. The van der Waals surface area contributed by atoms with Crippen LogP contribution in [0.4, 0.5) is 13.2 Å². The number of hydrogen-bond donors (Lipinski definition) is 0. The van der Waals surface area contributed by atoms with Crippen molar-refractivity contribution in [1.29, 1.82) is 5.26 Å². The van der Waals surface area contributed by atoms with E-state index in [1.165, 1.54) is 13.0 Å². The molecule has 0 aromatic heterocycles. The number of halogens is 4. The second kappa shape index (κ2) is 5.27. The van der Waals surface area contributed by atoms with Crippen LogP contribution < -0.4 is 0 Å². The van der Waals surface area contributed by atoms with Gasteiger partial charge in [-0.15, -0.1) is 0 Å². The third kappa shape index (κ3) is 2.74. The van der Waals surface area contributed by atoms with Gasteiger partial charge in [0.2, 0.25) is 0 Å².